The molecule has 1 aromatic rings. The Morgan fingerprint density at radius 3 is 2.32 bits per heavy atom. The van der Waals surface area contributed by atoms with Crippen LogP contribution in [0.4, 0.5) is 0 Å². The van der Waals surface area contributed by atoms with Crippen molar-refractivity contribution in [2.75, 3.05) is 19.6 Å². The first-order valence-corrected chi connectivity index (χ1v) is 7.79. The summed E-state index contributed by atoms with van der Waals surface area (Å²) in [6, 6.07) is 8.90. The van der Waals surface area contributed by atoms with E-state index in [0.29, 0.717) is 0 Å². The van der Waals surface area contributed by atoms with Crippen molar-refractivity contribution in [2.24, 2.45) is 11.7 Å². The van der Waals surface area contributed by atoms with Gasteiger partial charge in [0, 0.05) is 18.6 Å². The number of hydrogen-bond donors (Lipinski definition) is 1. The first kappa shape index (κ1) is 13.1. The molecule has 0 bridgehead atoms. The molecule has 0 amide bonds. The van der Waals surface area contributed by atoms with Crippen LogP contribution in [0.5, 0.6) is 0 Å². The largest absolute Gasteiger partial charge is 0.329 e. The third-order valence-corrected chi connectivity index (χ3v) is 4.88. The zero-order valence-corrected chi connectivity index (χ0v) is 12.1. The summed E-state index contributed by atoms with van der Waals surface area (Å²) in [6.07, 6.45) is 6.37. The quantitative estimate of drug-likeness (QED) is 0.850. The summed E-state index contributed by atoms with van der Waals surface area (Å²) in [5.74, 6) is 0.943. The Morgan fingerprint density at radius 1 is 1.21 bits per heavy atom. The van der Waals surface area contributed by atoms with Gasteiger partial charge in [0.25, 0.3) is 0 Å². The number of nitrogens with zero attached hydrogens (tertiary/aromatic N) is 1. The minimum Gasteiger partial charge on any atom is -0.329 e. The van der Waals surface area contributed by atoms with E-state index in [0.717, 1.165) is 25.3 Å². The van der Waals surface area contributed by atoms with Crippen LogP contribution in [0, 0.1) is 5.92 Å². The molecule has 2 N–H and O–H groups in total. The molecule has 0 spiro atoms. The van der Waals surface area contributed by atoms with E-state index in [-0.39, 0.29) is 5.54 Å². The van der Waals surface area contributed by atoms with E-state index in [2.05, 4.69) is 36.1 Å². The molecule has 2 heteroatoms. The minimum absolute atomic E-state index is 0.197. The maximum Gasteiger partial charge on any atom is 0.0412 e. The normalized spacial score (nSPS) is 20.8. The van der Waals surface area contributed by atoms with Gasteiger partial charge in [-0.05, 0) is 55.7 Å². The second-order valence-electron chi connectivity index (χ2n) is 6.44. The summed E-state index contributed by atoms with van der Waals surface area (Å²) in [7, 11) is 0. The summed E-state index contributed by atoms with van der Waals surface area (Å²) in [5.41, 5.74) is 9.47. The Hall–Kier alpha value is -0.860. The van der Waals surface area contributed by atoms with Gasteiger partial charge in [-0.15, -0.1) is 0 Å². The lowest BCUT2D eigenvalue weighted by molar-refractivity contribution is 0.0962. The maximum absolute atomic E-state index is 6.23. The molecule has 2 nitrogen and oxygen atoms in total. The first-order chi connectivity index (χ1) is 9.27. The van der Waals surface area contributed by atoms with Gasteiger partial charge >= 0.3 is 0 Å². The van der Waals surface area contributed by atoms with E-state index >= 15 is 0 Å². The van der Waals surface area contributed by atoms with Crippen molar-refractivity contribution in [3.05, 3.63) is 35.4 Å². The van der Waals surface area contributed by atoms with Crippen molar-refractivity contribution in [2.45, 2.75) is 44.6 Å². The van der Waals surface area contributed by atoms with Gasteiger partial charge in [-0.25, -0.2) is 0 Å². The van der Waals surface area contributed by atoms with Crippen molar-refractivity contribution in [1.29, 1.82) is 0 Å². The average Bonchev–Trinajstić information content (AvgIpc) is 3.16. The third kappa shape index (κ3) is 2.56. The van der Waals surface area contributed by atoms with Gasteiger partial charge in [0.1, 0.15) is 0 Å². The topological polar surface area (TPSA) is 29.3 Å². The van der Waals surface area contributed by atoms with Gasteiger partial charge in [-0.3, -0.25) is 4.90 Å². The van der Waals surface area contributed by atoms with Crippen molar-refractivity contribution < 1.29 is 0 Å². The van der Waals surface area contributed by atoms with Gasteiger partial charge in [0.05, 0.1) is 0 Å². The van der Waals surface area contributed by atoms with Gasteiger partial charge in [0.2, 0.25) is 0 Å². The molecule has 0 unspecified atom stereocenters. The molecule has 1 saturated carbocycles. The lowest BCUT2D eigenvalue weighted by Crippen LogP contribution is -2.55. The Kier molecular flexibility index (Phi) is 3.64. The van der Waals surface area contributed by atoms with Crippen LogP contribution in [-0.4, -0.2) is 30.1 Å². The number of nitrogens with two attached hydrogens (primary N) is 1. The van der Waals surface area contributed by atoms with Gasteiger partial charge in [-0.1, -0.05) is 31.2 Å². The Bertz CT molecular complexity index is 412. The van der Waals surface area contributed by atoms with Gasteiger partial charge in [0.15, 0.2) is 0 Å². The van der Waals surface area contributed by atoms with E-state index in [1.165, 1.54) is 43.5 Å². The number of rotatable bonds is 6. The van der Waals surface area contributed by atoms with Crippen molar-refractivity contribution in [3.8, 4) is 0 Å². The predicted molar refractivity (Wildman–Crippen MR) is 80.2 cm³/mol. The van der Waals surface area contributed by atoms with Crippen molar-refractivity contribution in [1.82, 2.24) is 4.90 Å². The Labute approximate surface area is 117 Å². The first-order valence-electron chi connectivity index (χ1n) is 7.79. The smallest absolute Gasteiger partial charge is 0.0412 e. The molecule has 1 fully saturated rings. The van der Waals surface area contributed by atoms with Crippen LogP contribution < -0.4 is 5.73 Å². The zero-order valence-electron chi connectivity index (χ0n) is 12.1. The molecular formula is C17H26N2. The second kappa shape index (κ2) is 5.26. The minimum atomic E-state index is 0.197. The van der Waals surface area contributed by atoms with Crippen molar-refractivity contribution >= 4 is 0 Å². The molecule has 1 aromatic carbocycles. The Morgan fingerprint density at radius 2 is 1.84 bits per heavy atom. The highest BCUT2D eigenvalue weighted by atomic mass is 15.2. The van der Waals surface area contributed by atoms with E-state index in [1.54, 1.807) is 0 Å². The molecule has 0 heterocycles. The third-order valence-electron chi connectivity index (χ3n) is 4.88. The molecule has 2 aliphatic rings. The maximum atomic E-state index is 6.23. The fraction of sp³-hybridized carbons (Fsp3) is 0.647. The van der Waals surface area contributed by atoms with Crippen LogP contribution in [-0.2, 0) is 12.8 Å². The molecular weight excluding hydrogens is 232 g/mol. The van der Waals surface area contributed by atoms with Crippen molar-refractivity contribution in [3.63, 3.8) is 0 Å². The molecule has 0 aliphatic heterocycles. The monoisotopic (exact) mass is 258 g/mol. The summed E-state index contributed by atoms with van der Waals surface area (Å²) in [4.78, 5) is 2.71. The van der Waals surface area contributed by atoms with E-state index in [1.807, 2.05) is 0 Å². The summed E-state index contributed by atoms with van der Waals surface area (Å²) in [5, 5.41) is 0. The van der Waals surface area contributed by atoms with E-state index in [9.17, 15) is 0 Å². The van der Waals surface area contributed by atoms with Crippen LogP contribution in [0.1, 0.15) is 37.3 Å². The van der Waals surface area contributed by atoms with Crippen LogP contribution in [0.15, 0.2) is 24.3 Å². The van der Waals surface area contributed by atoms with Crippen LogP contribution in [0.25, 0.3) is 0 Å². The molecule has 2 aliphatic carbocycles. The highest BCUT2D eigenvalue weighted by Crippen LogP contribution is 2.38. The van der Waals surface area contributed by atoms with Crippen LogP contribution in [0.3, 0.4) is 0 Å². The predicted octanol–water partition coefficient (Wildman–Crippen LogP) is 2.60. The van der Waals surface area contributed by atoms with Gasteiger partial charge in [-0.2, -0.15) is 0 Å². The zero-order chi connectivity index (χ0) is 13.3. The standard InChI is InChI=1S/C17H26N2/c1-2-9-19(12-14-7-8-14)17(13-18)10-15-5-3-4-6-16(15)11-17/h3-6,14H,2,7-13,18H2,1H3. The average molecular weight is 258 g/mol. The van der Waals surface area contributed by atoms with Gasteiger partial charge < -0.3 is 5.73 Å². The number of hydrogen-bond acceptors (Lipinski definition) is 2. The van der Waals surface area contributed by atoms with E-state index in [4.69, 9.17) is 5.73 Å². The number of benzene rings is 1. The molecule has 0 radical (unpaired) electrons. The molecule has 0 saturated heterocycles. The summed E-state index contributed by atoms with van der Waals surface area (Å²) < 4.78 is 0. The molecule has 0 atom stereocenters. The lowest BCUT2D eigenvalue weighted by atomic mass is 9.92. The second-order valence-corrected chi connectivity index (χ2v) is 6.44. The fourth-order valence-electron chi connectivity index (χ4n) is 3.58. The molecule has 19 heavy (non-hydrogen) atoms. The number of fused-ring (bicyclic) bond motifs is 1. The molecule has 0 aromatic heterocycles. The molecule has 3 rings (SSSR count). The fourth-order valence-corrected chi connectivity index (χ4v) is 3.58. The van der Waals surface area contributed by atoms with E-state index < -0.39 is 0 Å². The highest BCUT2D eigenvalue weighted by Gasteiger charge is 2.42. The highest BCUT2D eigenvalue weighted by molar-refractivity contribution is 5.36. The Balaban J connectivity index is 1.82. The SMILES string of the molecule is CCCN(CC1CC1)C1(CN)Cc2ccccc2C1. The lowest BCUT2D eigenvalue weighted by Gasteiger charge is -2.41. The van der Waals surface area contributed by atoms with Crippen LogP contribution in [0.2, 0.25) is 0 Å². The summed E-state index contributed by atoms with van der Waals surface area (Å²) in [6.45, 7) is 5.53. The van der Waals surface area contributed by atoms with Crippen LogP contribution >= 0.6 is 0 Å². The summed E-state index contributed by atoms with van der Waals surface area (Å²) >= 11 is 0. The molecule has 104 valence electrons.